The molecule has 69 heavy (non-hydrogen) atoms. The van der Waals surface area contributed by atoms with Crippen molar-refractivity contribution in [1.82, 2.24) is 19.5 Å². The number of fused-ring (bicyclic) bond motifs is 6. The van der Waals surface area contributed by atoms with Gasteiger partial charge in [0.1, 0.15) is 0 Å². The summed E-state index contributed by atoms with van der Waals surface area (Å²) in [5.74, 6) is 1.84. The minimum absolute atomic E-state index is 0.608. The van der Waals surface area contributed by atoms with E-state index in [4.69, 9.17) is 15.0 Å². The number of rotatable bonds is 9. The first-order chi connectivity index (χ1) is 34.2. The van der Waals surface area contributed by atoms with Gasteiger partial charge in [0.05, 0.1) is 11.0 Å². The van der Waals surface area contributed by atoms with Crippen LogP contribution in [0.25, 0.3) is 93.0 Å². The van der Waals surface area contributed by atoms with Crippen molar-refractivity contribution >= 4 is 82.1 Å². The minimum Gasteiger partial charge on any atom is -0.309 e. The van der Waals surface area contributed by atoms with Crippen LogP contribution in [-0.2, 0) is 0 Å². The largest absolute Gasteiger partial charge is 0.309 e. The lowest BCUT2D eigenvalue weighted by molar-refractivity contribution is 1.07. The van der Waals surface area contributed by atoms with Gasteiger partial charge >= 0.3 is 0 Å². The van der Waals surface area contributed by atoms with Crippen molar-refractivity contribution in [3.05, 3.63) is 255 Å². The van der Waals surface area contributed by atoms with Crippen LogP contribution in [0.5, 0.6) is 0 Å². The van der Waals surface area contributed by atoms with Crippen LogP contribution in [0.15, 0.2) is 255 Å². The van der Waals surface area contributed by atoms with E-state index >= 15 is 0 Å². The van der Waals surface area contributed by atoms with E-state index in [1.165, 1.54) is 57.3 Å². The minimum atomic E-state index is -2.86. The molecule has 13 rings (SSSR count). The predicted molar refractivity (Wildman–Crippen MR) is 292 cm³/mol. The summed E-state index contributed by atoms with van der Waals surface area (Å²) < 4.78 is 4.90. The summed E-state index contributed by atoms with van der Waals surface area (Å²) in [7, 11) is -2.86. The van der Waals surface area contributed by atoms with E-state index in [1.54, 1.807) is 0 Å². The second-order valence-electron chi connectivity index (χ2n) is 17.5. The van der Waals surface area contributed by atoms with Gasteiger partial charge in [-0.15, -0.1) is 11.3 Å². The molecule has 13 aromatic rings. The van der Waals surface area contributed by atoms with Crippen molar-refractivity contribution in [3.63, 3.8) is 0 Å². The van der Waals surface area contributed by atoms with Crippen LogP contribution in [-0.4, -0.2) is 27.6 Å². The molecule has 4 nitrogen and oxygen atoms in total. The zero-order valence-electron chi connectivity index (χ0n) is 37.4. The Morgan fingerprint density at radius 1 is 0.319 bits per heavy atom. The molecular formula is C63H42N4SSi. The number of aromatic nitrogens is 4. The fourth-order valence-electron chi connectivity index (χ4n) is 10.5. The molecule has 0 radical (unpaired) electrons. The Morgan fingerprint density at radius 3 is 1.36 bits per heavy atom. The van der Waals surface area contributed by atoms with Gasteiger partial charge in [-0.2, -0.15) is 0 Å². The summed E-state index contributed by atoms with van der Waals surface area (Å²) in [5, 5.41) is 10.2. The van der Waals surface area contributed by atoms with Crippen LogP contribution >= 0.6 is 11.3 Å². The van der Waals surface area contributed by atoms with Crippen molar-refractivity contribution in [3.8, 4) is 51.0 Å². The third kappa shape index (κ3) is 6.91. The highest BCUT2D eigenvalue weighted by molar-refractivity contribution is 7.26. The van der Waals surface area contributed by atoms with E-state index in [0.29, 0.717) is 17.5 Å². The Balaban J connectivity index is 1.03. The first kappa shape index (κ1) is 40.7. The maximum Gasteiger partial charge on any atom is 0.179 e. The van der Waals surface area contributed by atoms with Gasteiger partial charge < -0.3 is 4.57 Å². The SMILES string of the molecule is c1ccc([Si](c2ccccc2)(c2ccccc2)c2cccc(-c3nc(-c4cccc(-c5cccc6sc7ccccc7c56)c4)nc(-c4cccc(-n5c6ccccc6c6ccccc65)c4)n3)c2)cc1. The van der Waals surface area contributed by atoms with Crippen LogP contribution in [0.1, 0.15) is 0 Å². The number of nitrogens with zero attached hydrogens (tertiary/aromatic N) is 4. The smallest absolute Gasteiger partial charge is 0.179 e. The van der Waals surface area contributed by atoms with Crippen molar-refractivity contribution < 1.29 is 0 Å². The van der Waals surface area contributed by atoms with Gasteiger partial charge in [-0.05, 0) is 74.3 Å². The van der Waals surface area contributed by atoms with Crippen LogP contribution in [0.4, 0.5) is 0 Å². The first-order valence-electron chi connectivity index (χ1n) is 23.3. The molecule has 10 aromatic carbocycles. The van der Waals surface area contributed by atoms with E-state index < -0.39 is 8.07 Å². The summed E-state index contributed by atoms with van der Waals surface area (Å²) in [6.45, 7) is 0. The van der Waals surface area contributed by atoms with Gasteiger partial charge in [0, 0.05) is 53.3 Å². The summed E-state index contributed by atoms with van der Waals surface area (Å²) >= 11 is 1.84. The number of para-hydroxylation sites is 2. The van der Waals surface area contributed by atoms with E-state index in [-0.39, 0.29) is 0 Å². The molecule has 3 heterocycles. The lowest BCUT2D eigenvalue weighted by Crippen LogP contribution is -2.74. The molecule has 0 aliphatic rings. The summed E-state index contributed by atoms with van der Waals surface area (Å²) in [5.41, 5.74) is 8.41. The standard InChI is InChI=1S/C63H42N4SSi/c1-4-25-48(26-5-1)69(49-27-6-2-7-28-49,50-29-8-3-9-30-50)51-31-18-23-46(42-51)63-65-61(44-21-16-20-43(40-44)52-35-19-39-59-60(52)55-34-12-15-38-58(55)68-59)64-62(66-63)45-22-17-24-47(41-45)67-56-36-13-10-32-53(56)54-33-11-14-37-57(54)67/h1-42H. The highest BCUT2D eigenvalue weighted by atomic mass is 32.1. The third-order valence-corrected chi connectivity index (χ3v) is 19.5. The average Bonchev–Trinajstić information content (AvgIpc) is 3.98. The Morgan fingerprint density at radius 2 is 0.754 bits per heavy atom. The molecular weight excluding hydrogens is 873 g/mol. The maximum atomic E-state index is 5.42. The summed E-state index contributed by atoms with van der Waals surface area (Å²) in [6.07, 6.45) is 0. The molecule has 0 fully saturated rings. The molecule has 0 saturated carbocycles. The lowest BCUT2D eigenvalue weighted by Gasteiger charge is -2.34. The zero-order chi connectivity index (χ0) is 45.7. The van der Waals surface area contributed by atoms with E-state index in [9.17, 15) is 0 Å². The molecule has 0 amide bonds. The van der Waals surface area contributed by atoms with Crippen LogP contribution in [0.3, 0.4) is 0 Å². The number of thiophene rings is 1. The molecule has 0 bridgehead atoms. The van der Waals surface area contributed by atoms with Gasteiger partial charge in [0.25, 0.3) is 0 Å². The Hall–Kier alpha value is -8.55. The summed E-state index contributed by atoms with van der Waals surface area (Å²) in [4.78, 5) is 16.2. The maximum absolute atomic E-state index is 5.42. The van der Waals surface area contributed by atoms with Gasteiger partial charge in [0.2, 0.25) is 0 Å². The quantitative estimate of drug-likeness (QED) is 0.107. The molecule has 0 aliphatic heterocycles. The molecule has 0 spiro atoms. The van der Waals surface area contributed by atoms with E-state index in [0.717, 1.165) is 39.0 Å². The number of benzene rings is 10. The molecule has 0 atom stereocenters. The molecule has 3 aromatic heterocycles. The van der Waals surface area contributed by atoms with Gasteiger partial charge in [-0.1, -0.05) is 212 Å². The predicted octanol–water partition coefficient (Wildman–Crippen LogP) is 13.4. The van der Waals surface area contributed by atoms with E-state index in [1.807, 2.05) is 11.3 Å². The van der Waals surface area contributed by atoms with Gasteiger partial charge in [-0.25, -0.2) is 15.0 Å². The first-order valence-corrected chi connectivity index (χ1v) is 26.2. The Bertz CT molecular complexity index is 3880. The Kier molecular flexibility index (Phi) is 10.00. The van der Waals surface area contributed by atoms with Crippen molar-refractivity contribution in [2.45, 2.75) is 0 Å². The molecule has 0 aliphatic carbocycles. The number of hydrogen-bond acceptors (Lipinski definition) is 4. The second kappa shape index (κ2) is 17.0. The molecule has 0 unspecified atom stereocenters. The van der Waals surface area contributed by atoms with Crippen molar-refractivity contribution in [2.24, 2.45) is 0 Å². The monoisotopic (exact) mass is 914 g/mol. The molecule has 324 valence electrons. The highest BCUT2D eigenvalue weighted by Crippen LogP contribution is 2.41. The van der Waals surface area contributed by atoms with Crippen molar-refractivity contribution in [1.29, 1.82) is 0 Å². The topological polar surface area (TPSA) is 43.6 Å². The zero-order valence-corrected chi connectivity index (χ0v) is 39.3. The Labute approximate surface area is 405 Å². The normalized spacial score (nSPS) is 11.8. The van der Waals surface area contributed by atoms with Gasteiger partial charge in [-0.3, -0.25) is 0 Å². The molecule has 0 N–H and O–H groups in total. The average molecular weight is 915 g/mol. The van der Waals surface area contributed by atoms with Crippen LogP contribution in [0.2, 0.25) is 0 Å². The van der Waals surface area contributed by atoms with E-state index in [2.05, 4.69) is 259 Å². The lowest BCUT2D eigenvalue weighted by atomic mass is 9.98. The number of hydrogen-bond donors (Lipinski definition) is 0. The summed E-state index contributed by atoms with van der Waals surface area (Å²) in [6, 6.07) is 92.0. The van der Waals surface area contributed by atoms with Crippen LogP contribution < -0.4 is 20.7 Å². The second-order valence-corrected chi connectivity index (χ2v) is 22.4. The molecule has 6 heteroatoms. The fraction of sp³-hybridized carbons (Fsp3) is 0. The van der Waals surface area contributed by atoms with Gasteiger partial charge in [0.15, 0.2) is 25.5 Å². The fourth-order valence-corrected chi connectivity index (χ4v) is 16.5. The van der Waals surface area contributed by atoms with Crippen LogP contribution in [0, 0.1) is 0 Å². The highest BCUT2D eigenvalue weighted by Gasteiger charge is 2.41. The van der Waals surface area contributed by atoms with Crippen molar-refractivity contribution in [2.75, 3.05) is 0 Å². The molecule has 0 saturated heterocycles. The third-order valence-electron chi connectivity index (χ3n) is 13.6.